The zero-order valence-electron chi connectivity index (χ0n) is 11.7. The number of hydrogen-bond acceptors (Lipinski definition) is 3. The smallest absolute Gasteiger partial charge is 0.0538 e. The molecule has 0 aliphatic heterocycles. The minimum absolute atomic E-state index is 0.821. The Bertz CT molecular complexity index is 377. The highest BCUT2D eigenvalue weighted by molar-refractivity contribution is 9.10. The molecule has 0 amide bonds. The van der Waals surface area contributed by atoms with Crippen molar-refractivity contribution in [2.75, 3.05) is 25.5 Å². The fourth-order valence-corrected chi connectivity index (χ4v) is 3.14. The zero-order chi connectivity index (χ0) is 13.5. The Balaban J connectivity index is 1.63. The average molecular weight is 326 g/mol. The number of nitrogens with zero attached hydrogens (tertiary/aromatic N) is 2. The molecule has 1 aliphatic carbocycles. The van der Waals surface area contributed by atoms with E-state index in [0.717, 1.165) is 22.7 Å². The van der Waals surface area contributed by atoms with E-state index in [4.69, 9.17) is 0 Å². The van der Waals surface area contributed by atoms with Crippen LogP contribution >= 0.6 is 15.9 Å². The van der Waals surface area contributed by atoms with E-state index in [9.17, 15) is 0 Å². The summed E-state index contributed by atoms with van der Waals surface area (Å²) in [5, 5.41) is 3.42. The van der Waals surface area contributed by atoms with E-state index in [0.29, 0.717) is 0 Å². The van der Waals surface area contributed by atoms with Crippen LogP contribution in [0.3, 0.4) is 0 Å². The number of anilines is 1. The first-order chi connectivity index (χ1) is 9.25. The van der Waals surface area contributed by atoms with E-state index >= 15 is 0 Å². The predicted octanol–water partition coefficient (Wildman–Crippen LogP) is 3.91. The number of halogens is 1. The Morgan fingerprint density at radius 2 is 2.11 bits per heavy atom. The zero-order valence-corrected chi connectivity index (χ0v) is 13.3. The van der Waals surface area contributed by atoms with Gasteiger partial charge in [0.25, 0.3) is 0 Å². The summed E-state index contributed by atoms with van der Waals surface area (Å²) in [7, 11) is 2.27. The van der Waals surface area contributed by atoms with Gasteiger partial charge in [-0.1, -0.05) is 19.3 Å². The second-order valence-electron chi connectivity index (χ2n) is 5.44. The van der Waals surface area contributed by atoms with Crippen molar-refractivity contribution in [2.45, 2.75) is 44.6 Å². The predicted molar refractivity (Wildman–Crippen MR) is 84.5 cm³/mol. The van der Waals surface area contributed by atoms with E-state index in [1.54, 1.807) is 0 Å². The van der Waals surface area contributed by atoms with E-state index < -0.39 is 0 Å². The standard InChI is InChI=1S/C15H24BrN3/c1-19(15-6-3-2-4-7-15)9-5-8-18-14-10-13(16)11-17-12-14/h10-12,15,18H,2-9H2,1H3. The lowest BCUT2D eigenvalue weighted by atomic mass is 9.94. The van der Waals surface area contributed by atoms with Crippen molar-refractivity contribution in [3.05, 3.63) is 22.9 Å². The Morgan fingerprint density at radius 1 is 1.32 bits per heavy atom. The summed E-state index contributed by atoms with van der Waals surface area (Å²) in [4.78, 5) is 6.69. The second kappa shape index (κ2) is 7.85. The molecule has 2 rings (SSSR count). The van der Waals surface area contributed by atoms with Gasteiger partial charge in [0.1, 0.15) is 0 Å². The SMILES string of the molecule is CN(CCCNc1cncc(Br)c1)C1CCCCC1. The van der Waals surface area contributed by atoms with Gasteiger partial charge in [-0.3, -0.25) is 4.98 Å². The van der Waals surface area contributed by atoms with Crippen LogP contribution in [0, 0.1) is 0 Å². The highest BCUT2D eigenvalue weighted by atomic mass is 79.9. The number of aromatic nitrogens is 1. The largest absolute Gasteiger partial charge is 0.384 e. The van der Waals surface area contributed by atoms with Crippen molar-refractivity contribution in [2.24, 2.45) is 0 Å². The van der Waals surface area contributed by atoms with Gasteiger partial charge < -0.3 is 10.2 Å². The molecule has 1 aromatic rings. The molecular weight excluding hydrogens is 302 g/mol. The molecule has 0 unspecified atom stereocenters. The molecular formula is C15H24BrN3. The summed E-state index contributed by atoms with van der Waals surface area (Å²) < 4.78 is 1.02. The summed E-state index contributed by atoms with van der Waals surface area (Å²) in [6.45, 7) is 2.19. The average Bonchev–Trinajstić information content (AvgIpc) is 2.44. The Morgan fingerprint density at radius 3 is 2.84 bits per heavy atom. The molecule has 0 spiro atoms. The van der Waals surface area contributed by atoms with Crippen LogP contribution in [0.5, 0.6) is 0 Å². The molecule has 1 fully saturated rings. The van der Waals surface area contributed by atoms with Crippen LogP contribution in [0.15, 0.2) is 22.9 Å². The van der Waals surface area contributed by atoms with Gasteiger partial charge in [0.2, 0.25) is 0 Å². The van der Waals surface area contributed by atoms with Crippen molar-refractivity contribution in [1.82, 2.24) is 9.88 Å². The summed E-state index contributed by atoms with van der Waals surface area (Å²) in [5.74, 6) is 0. The summed E-state index contributed by atoms with van der Waals surface area (Å²) in [6, 6.07) is 2.89. The molecule has 0 atom stereocenters. The lowest BCUT2D eigenvalue weighted by Gasteiger charge is -2.31. The van der Waals surface area contributed by atoms with Crippen LogP contribution in [-0.4, -0.2) is 36.1 Å². The second-order valence-corrected chi connectivity index (χ2v) is 6.36. The summed E-state index contributed by atoms with van der Waals surface area (Å²) >= 11 is 3.44. The highest BCUT2D eigenvalue weighted by Gasteiger charge is 2.17. The van der Waals surface area contributed by atoms with Gasteiger partial charge in [-0.2, -0.15) is 0 Å². The molecule has 1 aliphatic rings. The Labute approximate surface area is 124 Å². The van der Waals surface area contributed by atoms with Gasteiger partial charge in [0.15, 0.2) is 0 Å². The molecule has 0 bridgehead atoms. The maximum atomic E-state index is 4.15. The number of rotatable bonds is 6. The lowest BCUT2D eigenvalue weighted by molar-refractivity contribution is 0.191. The van der Waals surface area contributed by atoms with Gasteiger partial charge in [0, 0.05) is 23.3 Å². The van der Waals surface area contributed by atoms with Crippen molar-refractivity contribution in [3.8, 4) is 0 Å². The molecule has 3 nitrogen and oxygen atoms in total. The number of pyridine rings is 1. The fourth-order valence-electron chi connectivity index (χ4n) is 2.77. The molecule has 1 N–H and O–H groups in total. The van der Waals surface area contributed by atoms with Crippen molar-refractivity contribution in [3.63, 3.8) is 0 Å². The van der Waals surface area contributed by atoms with Crippen LogP contribution in [-0.2, 0) is 0 Å². The minimum atomic E-state index is 0.821. The number of hydrogen-bond donors (Lipinski definition) is 1. The van der Waals surface area contributed by atoms with Gasteiger partial charge in [-0.15, -0.1) is 0 Å². The maximum Gasteiger partial charge on any atom is 0.0538 e. The van der Waals surface area contributed by atoms with Crippen LogP contribution < -0.4 is 5.32 Å². The fraction of sp³-hybridized carbons (Fsp3) is 0.667. The molecule has 1 aromatic heterocycles. The van der Waals surface area contributed by atoms with Gasteiger partial charge in [-0.25, -0.2) is 0 Å². The first-order valence-corrected chi connectivity index (χ1v) is 8.09. The molecule has 106 valence electrons. The van der Waals surface area contributed by atoms with E-state index in [2.05, 4.69) is 44.2 Å². The van der Waals surface area contributed by atoms with E-state index in [-0.39, 0.29) is 0 Å². The summed E-state index contributed by atoms with van der Waals surface area (Å²) in [5.41, 5.74) is 1.09. The van der Waals surface area contributed by atoms with Crippen LogP contribution in [0.25, 0.3) is 0 Å². The molecule has 4 heteroatoms. The third-order valence-electron chi connectivity index (χ3n) is 3.92. The monoisotopic (exact) mass is 325 g/mol. The quantitative estimate of drug-likeness (QED) is 0.804. The topological polar surface area (TPSA) is 28.2 Å². The van der Waals surface area contributed by atoms with E-state index in [1.165, 1.54) is 45.1 Å². The first-order valence-electron chi connectivity index (χ1n) is 7.30. The van der Waals surface area contributed by atoms with E-state index in [1.807, 2.05) is 12.4 Å². The molecule has 1 heterocycles. The third-order valence-corrected chi connectivity index (χ3v) is 4.35. The third kappa shape index (κ3) is 5.11. The highest BCUT2D eigenvalue weighted by Crippen LogP contribution is 2.21. The molecule has 19 heavy (non-hydrogen) atoms. The van der Waals surface area contributed by atoms with Crippen LogP contribution in [0.1, 0.15) is 38.5 Å². The van der Waals surface area contributed by atoms with Crippen LogP contribution in [0.4, 0.5) is 5.69 Å². The lowest BCUT2D eigenvalue weighted by Crippen LogP contribution is -2.34. The molecule has 0 radical (unpaired) electrons. The van der Waals surface area contributed by atoms with Crippen molar-refractivity contribution >= 4 is 21.6 Å². The summed E-state index contributed by atoms with van der Waals surface area (Å²) in [6.07, 6.45) is 11.9. The normalized spacial score (nSPS) is 16.8. The van der Waals surface area contributed by atoms with Crippen molar-refractivity contribution < 1.29 is 0 Å². The molecule has 0 saturated heterocycles. The molecule has 1 saturated carbocycles. The van der Waals surface area contributed by atoms with Crippen molar-refractivity contribution in [1.29, 1.82) is 0 Å². The first kappa shape index (κ1) is 14.8. The molecule has 0 aromatic carbocycles. The van der Waals surface area contributed by atoms with Crippen LogP contribution in [0.2, 0.25) is 0 Å². The minimum Gasteiger partial charge on any atom is -0.384 e. The Hall–Kier alpha value is -0.610. The van der Waals surface area contributed by atoms with Gasteiger partial charge in [0.05, 0.1) is 11.9 Å². The Kier molecular flexibility index (Phi) is 6.11. The van der Waals surface area contributed by atoms with Gasteiger partial charge in [-0.05, 0) is 54.9 Å². The maximum absolute atomic E-state index is 4.15. The number of nitrogens with one attached hydrogen (secondary N) is 1. The van der Waals surface area contributed by atoms with Gasteiger partial charge >= 0.3 is 0 Å².